The molecule has 3 heteroatoms. The highest BCUT2D eigenvalue weighted by Gasteiger charge is 2.55. The fraction of sp³-hybridized carbons (Fsp3) is 0.581. The average Bonchev–Trinajstić information content (AvgIpc) is 3.51. The summed E-state index contributed by atoms with van der Waals surface area (Å²) < 4.78 is 5.47. The molecule has 0 aromatic heterocycles. The summed E-state index contributed by atoms with van der Waals surface area (Å²) in [5, 5.41) is 0. The Kier molecular flexibility index (Phi) is 6.59. The Labute approximate surface area is 205 Å². The van der Waals surface area contributed by atoms with Crippen LogP contribution in [-0.2, 0) is 23.1 Å². The predicted molar refractivity (Wildman–Crippen MR) is 138 cm³/mol. The second kappa shape index (κ2) is 9.49. The van der Waals surface area contributed by atoms with Crippen molar-refractivity contribution in [3.63, 3.8) is 0 Å². The molecule has 182 valence electrons. The van der Waals surface area contributed by atoms with Crippen molar-refractivity contribution in [3.05, 3.63) is 70.8 Å². The van der Waals surface area contributed by atoms with Gasteiger partial charge in [0.05, 0.1) is 5.56 Å². The summed E-state index contributed by atoms with van der Waals surface area (Å²) in [5.41, 5.74) is 5.32. The first-order chi connectivity index (χ1) is 16.3. The maximum absolute atomic E-state index is 12.2. The Morgan fingerprint density at radius 2 is 1.76 bits per heavy atom. The van der Waals surface area contributed by atoms with E-state index in [-0.39, 0.29) is 5.97 Å². The third-order valence-electron chi connectivity index (χ3n) is 8.48. The van der Waals surface area contributed by atoms with Crippen LogP contribution in [0.3, 0.4) is 0 Å². The number of fused-ring (bicyclic) bond motifs is 2. The molecule has 1 spiro atoms. The number of hydrogen-bond acceptors (Lipinski definition) is 3. The molecule has 2 unspecified atom stereocenters. The van der Waals surface area contributed by atoms with Crippen LogP contribution in [0.2, 0.25) is 0 Å². The predicted octanol–water partition coefficient (Wildman–Crippen LogP) is 6.93. The molecule has 3 nitrogen and oxygen atoms in total. The van der Waals surface area contributed by atoms with Crippen LogP contribution in [0.25, 0.3) is 0 Å². The second-order valence-corrected chi connectivity index (χ2v) is 12.1. The standard InChI is InChI=1S/C31H41NO2/c1-30(2,3)34-29(33)26-13-10-24(11-14-26)22-32-19-16-23(17-20-32)12-15-27-21-31(27)18-6-8-25-7-4-5-9-28(25)31/h4-5,7,9-11,13-14,23,27H,6,8,12,15-22H2,1-3H3. The summed E-state index contributed by atoms with van der Waals surface area (Å²) >= 11 is 0. The average molecular weight is 460 g/mol. The lowest BCUT2D eigenvalue weighted by atomic mass is 9.77. The topological polar surface area (TPSA) is 29.5 Å². The van der Waals surface area contributed by atoms with Gasteiger partial charge in [0.15, 0.2) is 0 Å². The molecule has 2 aliphatic carbocycles. The number of rotatable bonds is 6. The molecule has 0 amide bonds. The molecule has 2 atom stereocenters. The molecule has 1 saturated heterocycles. The van der Waals surface area contributed by atoms with Gasteiger partial charge in [0, 0.05) is 6.54 Å². The Balaban J connectivity index is 1.06. The van der Waals surface area contributed by atoms with E-state index in [1.807, 2.05) is 32.9 Å². The van der Waals surface area contributed by atoms with Gasteiger partial charge in [-0.25, -0.2) is 4.79 Å². The van der Waals surface area contributed by atoms with E-state index >= 15 is 0 Å². The number of ether oxygens (including phenoxy) is 1. The fourth-order valence-electron chi connectivity index (χ4n) is 6.56. The number of aryl methyl sites for hydroxylation is 1. The molecular weight excluding hydrogens is 418 g/mol. The zero-order valence-corrected chi connectivity index (χ0v) is 21.3. The number of benzene rings is 2. The first-order valence-corrected chi connectivity index (χ1v) is 13.5. The van der Waals surface area contributed by atoms with Crippen molar-refractivity contribution in [1.82, 2.24) is 4.90 Å². The van der Waals surface area contributed by atoms with Crippen LogP contribution in [0.15, 0.2) is 48.5 Å². The lowest BCUT2D eigenvalue weighted by Gasteiger charge is -2.32. The van der Waals surface area contributed by atoms with Crippen molar-refractivity contribution in [2.45, 2.75) is 89.7 Å². The number of hydrogen-bond donors (Lipinski definition) is 0. The van der Waals surface area contributed by atoms with Crippen molar-refractivity contribution < 1.29 is 9.53 Å². The quantitative estimate of drug-likeness (QED) is 0.439. The van der Waals surface area contributed by atoms with Crippen LogP contribution in [0, 0.1) is 11.8 Å². The monoisotopic (exact) mass is 459 g/mol. The van der Waals surface area contributed by atoms with Crippen LogP contribution in [0.5, 0.6) is 0 Å². The van der Waals surface area contributed by atoms with Crippen molar-refractivity contribution in [1.29, 1.82) is 0 Å². The van der Waals surface area contributed by atoms with Crippen LogP contribution in [0.1, 0.15) is 92.8 Å². The molecular formula is C31H41NO2. The van der Waals surface area contributed by atoms with Gasteiger partial charge in [0.2, 0.25) is 0 Å². The van der Waals surface area contributed by atoms with Gasteiger partial charge >= 0.3 is 5.97 Å². The van der Waals surface area contributed by atoms with Gasteiger partial charge in [0.1, 0.15) is 5.60 Å². The largest absolute Gasteiger partial charge is 0.456 e. The van der Waals surface area contributed by atoms with Gasteiger partial charge in [-0.05, 0) is 125 Å². The van der Waals surface area contributed by atoms with Crippen LogP contribution in [-0.4, -0.2) is 29.6 Å². The first kappa shape index (κ1) is 23.6. The molecule has 2 aromatic carbocycles. The van der Waals surface area contributed by atoms with E-state index < -0.39 is 5.60 Å². The molecule has 0 bridgehead atoms. The Hall–Kier alpha value is -2.13. The second-order valence-electron chi connectivity index (χ2n) is 12.1. The third-order valence-corrected chi connectivity index (χ3v) is 8.48. The van der Waals surface area contributed by atoms with E-state index in [9.17, 15) is 4.79 Å². The maximum Gasteiger partial charge on any atom is 0.338 e. The Morgan fingerprint density at radius 3 is 2.50 bits per heavy atom. The Morgan fingerprint density at radius 1 is 1.03 bits per heavy atom. The first-order valence-electron chi connectivity index (χ1n) is 13.5. The smallest absolute Gasteiger partial charge is 0.338 e. The summed E-state index contributed by atoms with van der Waals surface area (Å²) in [7, 11) is 0. The summed E-state index contributed by atoms with van der Waals surface area (Å²) in [6.07, 6.45) is 11.0. The zero-order chi connectivity index (χ0) is 23.8. The molecule has 3 aliphatic rings. The number of carbonyl (C=O) groups is 1. The van der Waals surface area contributed by atoms with Gasteiger partial charge in [0.25, 0.3) is 0 Å². The van der Waals surface area contributed by atoms with Gasteiger partial charge in [-0.15, -0.1) is 0 Å². The number of nitrogens with zero attached hydrogens (tertiary/aromatic N) is 1. The van der Waals surface area contributed by atoms with E-state index in [0.717, 1.165) is 18.4 Å². The number of piperidine rings is 1. The molecule has 0 N–H and O–H groups in total. The number of likely N-dealkylation sites (tertiary alicyclic amines) is 1. The summed E-state index contributed by atoms with van der Waals surface area (Å²) in [6, 6.07) is 17.2. The molecule has 1 aliphatic heterocycles. The molecule has 2 aromatic rings. The van der Waals surface area contributed by atoms with Crippen LogP contribution < -0.4 is 0 Å². The fourth-order valence-corrected chi connectivity index (χ4v) is 6.56. The number of esters is 1. The van der Waals surface area contributed by atoms with E-state index in [2.05, 4.69) is 41.3 Å². The Bertz CT molecular complexity index is 997. The summed E-state index contributed by atoms with van der Waals surface area (Å²) in [4.78, 5) is 14.8. The summed E-state index contributed by atoms with van der Waals surface area (Å²) in [6.45, 7) is 9.07. The zero-order valence-electron chi connectivity index (χ0n) is 21.3. The lowest BCUT2D eigenvalue weighted by Crippen LogP contribution is -2.33. The third kappa shape index (κ3) is 5.25. The molecule has 1 heterocycles. The van der Waals surface area contributed by atoms with Crippen LogP contribution >= 0.6 is 0 Å². The van der Waals surface area contributed by atoms with Crippen molar-refractivity contribution in [2.75, 3.05) is 13.1 Å². The molecule has 1 saturated carbocycles. The van der Waals surface area contributed by atoms with Crippen molar-refractivity contribution >= 4 is 5.97 Å². The highest BCUT2D eigenvalue weighted by molar-refractivity contribution is 5.89. The molecule has 34 heavy (non-hydrogen) atoms. The maximum atomic E-state index is 12.2. The van der Waals surface area contributed by atoms with E-state index in [0.29, 0.717) is 11.0 Å². The minimum atomic E-state index is -0.457. The molecule has 2 fully saturated rings. The van der Waals surface area contributed by atoms with Gasteiger partial charge in [-0.3, -0.25) is 4.90 Å². The minimum absolute atomic E-state index is 0.242. The van der Waals surface area contributed by atoms with Crippen molar-refractivity contribution in [3.8, 4) is 0 Å². The highest BCUT2D eigenvalue weighted by Crippen LogP contribution is 2.62. The minimum Gasteiger partial charge on any atom is -0.456 e. The van der Waals surface area contributed by atoms with E-state index in [4.69, 9.17) is 4.74 Å². The van der Waals surface area contributed by atoms with Gasteiger partial charge < -0.3 is 4.74 Å². The summed E-state index contributed by atoms with van der Waals surface area (Å²) in [5.74, 6) is 1.58. The van der Waals surface area contributed by atoms with Gasteiger partial charge in [-0.1, -0.05) is 42.8 Å². The van der Waals surface area contributed by atoms with Gasteiger partial charge in [-0.2, -0.15) is 0 Å². The van der Waals surface area contributed by atoms with E-state index in [1.165, 1.54) is 70.0 Å². The number of carbonyl (C=O) groups excluding carboxylic acids is 1. The van der Waals surface area contributed by atoms with Crippen molar-refractivity contribution in [2.24, 2.45) is 11.8 Å². The van der Waals surface area contributed by atoms with Crippen LogP contribution in [0.4, 0.5) is 0 Å². The molecule has 5 rings (SSSR count). The van der Waals surface area contributed by atoms with E-state index in [1.54, 1.807) is 11.1 Å². The SMILES string of the molecule is CC(C)(C)OC(=O)c1ccc(CN2CCC(CCC3CC34CCCc3ccccc34)CC2)cc1. The highest BCUT2D eigenvalue weighted by atomic mass is 16.6. The lowest BCUT2D eigenvalue weighted by molar-refractivity contribution is 0.00695. The molecule has 0 radical (unpaired) electrons. The normalized spacial score (nSPS) is 25.2.